The highest BCUT2D eigenvalue weighted by atomic mass is 35.5. The van der Waals surface area contributed by atoms with E-state index in [9.17, 15) is 9.59 Å². The average molecular weight is 464 g/mol. The van der Waals surface area contributed by atoms with Crippen molar-refractivity contribution >= 4 is 35.3 Å². The largest absolute Gasteiger partial charge is 0.463 e. The summed E-state index contributed by atoms with van der Waals surface area (Å²) in [6.07, 6.45) is 2.82. The van der Waals surface area contributed by atoms with Crippen LogP contribution in [0.4, 0.5) is 4.79 Å². The molecule has 5 nitrogen and oxygen atoms in total. The molecular formula is C24H27Cl2NO4. The van der Waals surface area contributed by atoms with Gasteiger partial charge in [0.15, 0.2) is 0 Å². The van der Waals surface area contributed by atoms with Gasteiger partial charge in [-0.25, -0.2) is 9.59 Å². The first-order chi connectivity index (χ1) is 14.6. The Bertz CT molecular complexity index is 913. The maximum atomic E-state index is 12.2. The van der Waals surface area contributed by atoms with E-state index in [1.54, 1.807) is 39.8 Å². The minimum Gasteiger partial charge on any atom is -0.463 e. The molecule has 0 radical (unpaired) electrons. The first-order valence-electron chi connectivity index (χ1n) is 9.95. The average Bonchev–Trinajstić information content (AvgIpc) is 2.64. The lowest BCUT2D eigenvalue weighted by atomic mass is 10.0. The second kappa shape index (κ2) is 11.2. The van der Waals surface area contributed by atoms with Crippen molar-refractivity contribution in [2.24, 2.45) is 0 Å². The molecule has 1 amide bonds. The molecule has 1 atom stereocenters. The minimum absolute atomic E-state index is 0.280. The van der Waals surface area contributed by atoms with E-state index in [0.717, 1.165) is 16.7 Å². The zero-order chi connectivity index (χ0) is 23.0. The summed E-state index contributed by atoms with van der Waals surface area (Å²) in [6, 6.07) is 12.7. The van der Waals surface area contributed by atoms with E-state index in [4.69, 9.17) is 32.7 Å². The predicted molar refractivity (Wildman–Crippen MR) is 125 cm³/mol. The fourth-order valence-electron chi connectivity index (χ4n) is 2.82. The van der Waals surface area contributed by atoms with Crippen LogP contribution >= 0.6 is 23.2 Å². The van der Waals surface area contributed by atoms with Gasteiger partial charge in [0, 0.05) is 16.1 Å². The van der Waals surface area contributed by atoms with Crippen molar-refractivity contribution in [2.45, 2.75) is 45.8 Å². The third-order valence-electron chi connectivity index (χ3n) is 4.06. The van der Waals surface area contributed by atoms with Crippen molar-refractivity contribution in [1.29, 1.82) is 0 Å². The standard InChI is InChI=1S/C24H27Cl2NO4/c1-5-30-22(28)11-10-21(27-23(29)31-24(2,3)4)12-16-6-8-17(9-7-16)18-13-19(25)15-20(26)14-18/h6-11,13-15,21H,5,12H2,1-4H3,(H,27,29)/b11-10+/t21-/m1/s1. The number of amides is 1. The summed E-state index contributed by atoms with van der Waals surface area (Å²) in [6.45, 7) is 7.38. The Kier molecular flexibility index (Phi) is 8.96. The molecule has 7 heteroatoms. The SMILES string of the molecule is CCOC(=O)/C=C/[C@H](Cc1ccc(-c2cc(Cl)cc(Cl)c2)cc1)NC(=O)OC(C)(C)C. The van der Waals surface area contributed by atoms with Crippen LogP contribution in [0.3, 0.4) is 0 Å². The van der Waals surface area contributed by atoms with Gasteiger partial charge >= 0.3 is 12.1 Å². The van der Waals surface area contributed by atoms with E-state index < -0.39 is 23.7 Å². The number of benzene rings is 2. The smallest absolute Gasteiger partial charge is 0.408 e. The fourth-order valence-corrected chi connectivity index (χ4v) is 3.34. The summed E-state index contributed by atoms with van der Waals surface area (Å²) in [5.41, 5.74) is 2.22. The monoisotopic (exact) mass is 463 g/mol. The van der Waals surface area contributed by atoms with E-state index in [1.165, 1.54) is 6.08 Å². The molecule has 2 aromatic carbocycles. The van der Waals surface area contributed by atoms with Crippen molar-refractivity contribution in [2.75, 3.05) is 6.61 Å². The Balaban J connectivity index is 2.16. The van der Waals surface area contributed by atoms with E-state index in [1.807, 2.05) is 36.4 Å². The number of alkyl carbamates (subject to hydrolysis) is 1. The van der Waals surface area contributed by atoms with Crippen molar-refractivity contribution in [3.63, 3.8) is 0 Å². The molecule has 2 rings (SSSR count). The second-order valence-electron chi connectivity index (χ2n) is 7.92. The molecule has 31 heavy (non-hydrogen) atoms. The van der Waals surface area contributed by atoms with Crippen LogP contribution in [-0.2, 0) is 20.7 Å². The highest BCUT2D eigenvalue weighted by Gasteiger charge is 2.19. The Morgan fingerprint density at radius 1 is 1.03 bits per heavy atom. The molecule has 0 aromatic heterocycles. The molecule has 0 aliphatic heterocycles. The van der Waals surface area contributed by atoms with Gasteiger partial charge in [0.25, 0.3) is 0 Å². The zero-order valence-electron chi connectivity index (χ0n) is 18.1. The zero-order valence-corrected chi connectivity index (χ0v) is 19.6. The van der Waals surface area contributed by atoms with Crippen molar-refractivity contribution in [3.05, 3.63) is 70.2 Å². The highest BCUT2D eigenvalue weighted by Crippen LogP contribution is 2.27. The fraction of sp³-hybridized carbons (Fsp3) is 0.333. The molecule has 0 aliphatic carbocycles. The second-order valence-corrected chi connectivity index (χ2v) is 8.80. The Hall–Kier alpha value is -2.50. The van der Waals surface area contributed by atoms with Crippen molar-refractivity contribution in [1.82, 2.24) is 5.32 Å². The number of halogens is 2. The van der Waals surface area contributed by atoms with E-state index >= 15 is 0 Å². The maximum absolute atomic E-state index is 12.2. The van der Waals surface area contributed by atoms with Crippen LogP contribution in [-0.4, -0.2) is 30.3 Å². The molecule has 166 valence electrons. The maximum Gasteiger partial charge on any atom is 0.408 e. The van der Waals surface area contributed by atoms with E-state index in [2.05, 4.69) is 5.32 Å². The topological polar surface area (TPSA) is 64.6 Å². The third-order valence-corrected chi connectivity index (χ3v) is 4.50. The van der Waals surface area contributed by atoms with Gasteiger partial charge in [0.05, 0.1) is 12.6 Å². The van der Waals surface area contributed by atoms with Gasteiger partial charge in [0.1, 0.15) is 5.60 Å². The number of hydrogen-bond donors (Lipinski definition) is 1. The molecule has 0 unspecified atom stereocenters. The third kappa shape index (κ3) is 9.03. The summed E-state index contributed by atoms with van der Waals surface area (Å²) in [5, 5.41) is 3.92. The molecule has 0 aliphatic rings. The van der Waals surface area contributed by atoms with Gasteiger partial charge in [-0.3, -0.25) is 0 Å². The molecule has 0 saturated heterocycles. The molecule has 2 aromatic rings. The van der Waals surface area contributed by atoms with Crippen molar-refractivity contribution in [3.8, 4) is 11.1 Å². The van der Waals surface area contributed by atoms with Crippen LogP contribution in [0.5, 0.6) is 0 Å². The quantitative estimate of drug-likeness (QED) is 0.391. The number of carbonyl (C=O) groups is 2. The number of esters is 1. The van der Waals surface area contributed by atoms with Crippen LogP contribution in [0.15, 0.2) is 54.6 Å². The Labute approximate surface area is 193 Å². The van der Waals surface area contributed by atoms with E-state index in [0.29, 0.717) is 16.5 Å². The lowest BCUT2D eigenvalue weighted by molar-refractivity contribution is -0.137. The number of nitrogens with one attached hydrogen (secondary N) is 1. The molecular weight excluding hydrogens is 437 g/mol. The van der Waals surface area contributed by atoms with Crippen LogP contribution in [0.1, 0.15) is 33.3 Å². The van der Waals surface area contributed by atoms with Crippen molar-refractivity contribution < 1.29 is 19.1 Å². The number of rotatable bonds is 7. The molecule has 0 saturated carbocycles. The molecule has 0 fully saturated rings. The van der Waals surface area contributed by atoms with Gasteiger partial charge in [-0.15, -0.1) is 0 Å². The Morgan fingerprint density at radius 2 is 1.65 bits per heavy atom. The van der Waals surface area contributed by atoms with E-state index in [-0.39, 0.29) is 6.61 Å². The Morgan fingerprint density at radius 3 is 2.19 bits per heavy atom. The van der Waals surface area contributed by atoms with Gasteiger partial charge < -0.3 is 14.8 Å². The molecule has 0 bridgehead atoms. The summed E-state index contributed by atoms with van der Waals surface area (Å²) >= 11 is 12.2. The number of carbonyl (C=O) groups excluding carboxylic acids is 2. The van der Waals surface area contributed by atoms with Crippen LogP contribution in [0.25, 0.3) is 11.1 Å². The summed E-state index contributed by atoms with van der Waals surface area (Å²) < 4.78 is 10.3. The van der Waals surface area contributed by atoms with Gasteiger partial charge in [-0.1, -0.05) is 53.5 Å². The van der Waals surface area contributed by atoms with Crippen LogP contribution < -0.4 is 5.32 Å². The normalized spacial score (nSPS) is 12.5. The van der Waals surface area contributed by atoms with Crippen LogP contribution in [0, 0.1) is 0 Å². The summed E-state index contributed by atoms with van der Waals surface area (Å²) in [7, 11) is 0. The minimum atomic E-state index is -0.626. The highest BCUT2D eigenvalue weighted by molar-refractivity contribution is 6.35. The number of hydrogen-bond acceptors (Lipinski definition) is 4. The first-order valence-corrected chi connectivity index (χ1v) is 10.7. The van der Waals surface area contributed by atoms with Gasteiger partial charge in [-0.2, -0.15) is 0 Å². The predicted octanol–water partition coefficient (Wildman–Crippen LogP) is 6.22. The lowest BCUT2D eigenvalue weighted by Gasteiger charge is -2.22. The molecule has 1 N–H and O–H groups in total. The molecule has 0 heterocycles. The van der Waals surface area contributed by atoms with Crippen LogP contribution in [0.2, 0.25) is 10.0 Å². The number of ether oxygens (including phenoxy) is 2. The lowest BCUT2D eigenvalue weighted by Crippen LogP contribution is -2.39. The van der Waals surface area contributed by atoms with Gasteiger partial charge in [0.2, 0.25) is 0 Å². The molecule has 0 spiro atoms. The summed E-state index contributed by atoms with van der Waals surface area (Å²) in [4.78, 5) is 23.9. The summed E-state index contributed by atoms with van der Waals surface area (Å²) in [5.74, 6) is -0.466. The van der Waals surface area contributed by atoms with Gasteiger partial charge in [-0.05, 0) is 69.0 Å². The first kappa shape index (κ1) is 24.8.